The van der Waals surface area contributed by atoms with Crippen molar-refractivity contribution in [3.8, 4) is 0 Å². The zero-order valence-corrected chi connectivity index (χ0v) is 18.2. The normalized spacial score (nSPS) is 17.0. The second kappa shape index (κ2) is 10.1. The predicted molar refractivity (Wildman–Crippen MR) is 93.7 cm³/mol. The van der Waals surface area contributed by atoms with E-state index in [1.165, 1.54) is 42.3 Å². The van der Waals surface area contributed by atoms with Crippen LogP contribution in [0.1, 0.15) is 45.4 Å². The van der Waals surface area contributed by atoms with Gasteiger partial charge in [-0.1, -0.05) is 25.7 Å². The molecule has 0 amide bonds. The fourth-order valence-electron chi connectivity index (χ4n) is 2.18. The van der Waals surface area contributed by atoms with Gasteiger partial charge >= 0.3 is 65.2 Å². The van der Waals surface area contributed by atoms with Crippen LogP contribution in [0.4, 0.5) is 0 Å². The fourth-order valence-corrected chi connectivity index (χ4v) is 3.99. The maximum absolute atomic E-state index is 2.40. The van der Waals surface area contributed by atoms with Crippen molar-refractivity contribution in [1.29, 1.82) is 0 Å². The molecule has 0 unspecified atom stereocenters. The molecule has 1 aromatic rings. The van der Waals surface area contributed by atoms with Gasteiger partial charge in [-0.3, -0.25) is 0 Å². The first-order valence-electron chi connectivity index (χ1n) is 6.84. The van der Waals surface area contributed by atoms with Crippen molar-refractivity contribution in [2.45, 2.75) is 58.0 Å². The second-order valence-corrected chi connectivity index (χ2v) is 9.78. The molecule has 1 aromatic heterocycles. The maximum atomic E-state index is 2.40. The van der Waals surface area contributed by atoms with E-state index in [0.29, 0.717) is 0 Å². The van der Waals surface area contributed by atoms with E-state index in [4.69, 9.17) is 0 Å². The van der Waals surface area contributed by atoms with Crippen LogP contribution in [0.3, 0.4) is 0 Å². The molecule has 0 aliphatic heterocycles. The quantitative estimate of drug-likeness (QED) is 0.254. The Hall–Kier alpha value is 1.32. The molecule has 1 fully saturated rings. The third-order valence-electron chi connectivity index (χ3n) is 3.40. The van der Waals surface area contributed by atoms with Crippen molar-refractivity contribution in [2.24, 2.45) is 7.05 Å². The van der Waals surface area contributed by atoms with Gasteiger partial charge in [0, 0.05) is 51.8 Å². The van der Waals surface area contributed by atoms with Crippen molar-refractivity contribution in [1.82, 2.24) is 10.5 Å². The maximum Gasteiger partial charge on any atom is 0.0311 e. The summed E-state index contributed by atoms with van der Waals surface area (Å²) in [4.78, 5) is 0. The number of aryl methyl sites for hydroxylation is 2. The molecule has 0 spiro atoms. The summed E-state index contributed by atoms with van der Waals surface area (Å²) < 4.78 is 7.89. The van der Waals surface area contributed by atoms with Gasteiger partial charge in [-0.2, -0.15) is 1.33 Å². The Labute approximate surface area is 155 Å². The fraction of sp³-hybridized carbons (Fsp3) is 0.769. The molecule has 0 bridgehead atoms. The average Bonchev–Trinajstić information content (AvgIpc) is 2.64. The molecule has 0 radical (unpaired) electrons. The molecule has 1 aliphatic carbocycles. The van der Waals surface area contributed by atoms with Crippen LogP contribution in [0.5, 0.6) is 0 Å². The van der Waals surface area contributed by atoms with Gasteiger partial charge in [0.05, 0.1) is 0 Å². The largest absolute Gasteiger partial charge is 0.185 e. The van der Waals surface area contributed by atoms with E-state index in [9.17, 15) is 0 Å². The van der Waals surface area contributed by atoms with Crippen LogP contribution in [-0.2, 0) is 32.9 Å². The predicted octanol–water partition coefficient (Wildman–Crippen LogP) is 4.64. The first kappa shape index (κ1) is 18.4. The summed E-state index contributed by atoms with van der Waals surface area (Å²) in [6.45, 7) is 3.20. The van der Waals surface area contributed by atoms with Gasteiger partial charge in [0.2, 0.25) is 0 Å². The summed E-state index contributed by atoms with van der Waals surface area (Å²) in [6, 6.07) is 0.851. The molecular formula is C13H23I2N3Pt. The summed E-state index contributed by atoms with van der Waals surface area (Å²) in [5, 5.41) is 0. The smallest absolute Gasteiger partial charge is 0.0311 e. The molecular weight excluding hydrogens is 647 g/mol. The zero-order chi connectivity index (χ0) is 14.3. The monoisotopic (exact) mass is 670 g/mol. The van der Waals surface area contributed by atoms with Gasteiger partial charge in [0.25, 0.3) is 0 Å². The molecule has 3 nitrogen and oxygen atoms in total. The number of hydrogen-bond acceptors (Lipinski definition) is 1. The van der Waals surface area contributed by atoms with Crippen molar-refractivity contribution in [2.75, 3.05) is 0 Å². The Morgan fingerprint density at radius 1 is 1.21 bits per heavy atom. The molecule has 6 heteroatoms. The van der Waals surface area contributed by atoms with Crippen molar-refractivity contribution >= 4 is 45.7 Å². The van der Waals surface area contributed by atoms with E-state index in [2.05, 4.69) is 102 Å². The molecule has 2 rings (SSSR count). The second-order valence-electron chi connectivity index (χ2n) is 4.84. The van der Waals surface area contributed by atoms with E-state index in [0.717, 1.165) is 12.6 Å². The van der Waals surface area contributed by atoms with E-state index in [1.807, 2.05) is 0 Å². The minimum Gasteiger partial charge on any atom is -0.185 e. The molecule has 114 valence electrons. The number of halogens is 2. The Kier molecular flexibility index (Phi) is 9.78. The molecule has 1 heterocycles. The Morgan fingerprint density at radius 2 is 1.79 bits per heavy atom. The van der Waals surface area contributed by atoms with Gasteiger partial charge in [-0.05, 0) is 12.8 Å². The molecule has 0 N–H and O–H groups in total. The first-order chi connectivity index (χ1) is 9.06. The van der Waals surface area contributed by atoms with Gasteiger partial charge in [0.1, 0.15) is 0 Å². The van der Waals surface area contributed by atoms with Crippen LogP contribution >= 0.6 is 45.7 Å². The standard InChI is InChI=1S/C7H13I2N.C6H10N2.Pt/c8-10(9)7-5-3-1-2-4-6-7;1-3-8-5-4-7(2)6-8;/h7H,1-6H2;4-5H,3H2,1-2H3;. The van der Waals surface area contributed by atoms with E-state index in [-0.39, 0.29) is 0 Å². The van der Waals surface area contributed by atoms with Crippen LogP contribution in [0, 0.1) is 3.80 Å². The molecule has 0 saturated heterocycles. The molecule has 1 saturated carbocycles. The van der Waals surface area contributed by atoms with Crippen molar-refractivity contribution in [3.63, 3.8) is 0 Å². The third-order valence-corrected chi connectivity index (χ3v) is 6.43. The van der Waals surface area contributed by atoms with Crippen LogP contribution in [0.2, 0.25) is 0 Å². The van der Waals surface area contributed by atoms with Crippen LogP contribution in [0.25, 0.3) is 0 Å². The Morgan fingerprint density at radius 3 is 2.11 bits per heavy atom. The topological polar surface area (TPSA) is 13.1 Å². The molecule has 0 aromatic carbocycles. The van der Waals surface area contributed by atoms with Crippen molar-refractivity contribution < 1.29 is 19.4 Å². The number of nitrogens with zero attached hydrogens (tertiary/aromatic N) is 3. The Bertz CT molecular complexity index is 406. The van der Waals surface area contributed by atoms with Crippen molar-refractivity contribution in [3.05, 3.63) is 16.2 Å². The van der Waals surface area contributed by atoms with E-state index < -0.39 is 0 Å². The van der Waals surface area contributed by atoms with Crippen LogP contribution < -0.4 is 0 Å². The van der Waals surface area contributed by atoms with Crippen LogP contribution in [0.15, 0.2) is 12.4 Å². The van der Waals surface area contributed by atoms with Crippen LogP contribution in [-0.4, -0.2) is 16.5 Å². The summed E-state index contributed by atoms with van der Waals surface area (Å²) in [5.41, 5.74) is 0. The van der Waals surface area contributed by atoms with Gasteiger partial charge < -0.3 is 0 Å². The average molecular weight is 670 g/mol. The molecule has 0 atom stereocenters. The zero-order valence-electron chi connectivity index (χ0n) is 11.6. The number of hydrogen-bond donors (Lipinski definition) is 0. The van der Waals surface area contributed by atoms with Gasteiger partial charge in [-0.25, -0.2) is 0 Å². The number of aromatic nitrogens is 2. The summed E-state index contributed by atoms with van der Waals surface area (Å²) in [6.07, 6.45) is 12.8. The van der Waals surface area contributed by atoms with Gasteiger partial charge in [-0.15, -0.1) is 0 Å². The minimum absolute atomic E-state index is 0.851. The molecule has 1 aliphatic rings. The number of imidazole rings is 1. The first-order valence-corrected chi connectivity index (χ1v) is 9.90. The number of rotatable bonds is 2. The minimum atomic E-state index is 0.851. The van der Waals surface area contributed by atoms with E-state index in [1.54, 1.807) is 0 Å². The Balaban J connectivity index is 0.000000191. The summed E-state index contributed by atoms with van der Waals surface area (Å²) in [5.74, 6) is 0. The van der Waals surface area contributed by atoms with E-state index >= 15 is 0 Å². The van der Waals surface area contributed by atoms with Gasteiger partial charge in [0.15, 0.2) is 0 Å². The third kappa shape index (κ3) is 6.74. The summed E-state index contributed by atoms with van der Waals surface area (Å²) >= 11 is 7.11. The summed E-state index contributed by atoms with van der Waals surface area (Å²) in [7, 11) is 2.05. The molecule has 19 heavy (non-hydrogen) atoms. The SMILES string of the molecule is CCn1ccn(C)[c]1=[Pt].IN(I)C1CCCCCC1.